The molecule has 0 unspecified atom stereocenters. The molecule has 1 aromatic carbocycles. The summed E-state index contributed by atoms with van der Waals surface area (Å²) in [4.78, 5) is 3.80. The number of nitrogens with two attached hydrogens (primary N) is 1. The molecule has 1 heterocycles. The second-order valence-corrected chi connectivity index (χ2v) is 6.11. The standard InChI is InChI=1S/C11H10Cl2N4O2S/c12-7-3-1-4-8(13)10(7)17-20(18,19)11-9(16-14)5-2-6-15-11/h1-6,16-17H,14H2. The van der Waals surface area contributed by atoms with Gasteiger partial charge in [0.1, 0.15) is 0 Å². The van der Waals surface area contributed by atoms with Crippen LogP contribution in [0.25, 0.3) is 0 Å². The molecule has 1 aromatic heterocycles. The minimum Gasteiger partial charge on any atom is -0.321 e. The van der Waals surface area contributed by atoms with E-state index in [-0.39, 0.29) is 26.4 Å². The van der Waals surface area contributed by atoms with Gasteiger partial charge in [-0.05, 0) is 24.3 Å². The van der Waals surface area contributed by atoms with E-state index in [1.54, 1.807) is 12.1 Å². The number of anilines is 2. The number of sulfonamides is 1. The lowest BCUT2D eigenvalue weighted by Gasteiger charge is -2.12. The molecule has 0 aliphatic heterocycles. The summed E-state index contributed by atoms with van der Waals surface area (Å²) in [6, 6.07) is 7.68. The van der Waals surface area contributed by atoms with Gasteiger partial charge in [-0.15, -0.1) is 0 Å². The quantitative estimate of drug-likeness (QED) is 0.590. The molecule has 0 aliphatic rings. The van der Waals surface area contributed by atoms with Crippen LogP contribution < -0.4 is 16.0 Å². The highest BCUT2D eigenvalue weighted by Gasteiger charge is 2.22. The normalized spacial score (nSPS) is 11.2. The SMILES string of the molecule is NNc1cccnc1S(=O)(=O)Nc1c(Cl)cccc1Cl. The fourth-order valence-corrected chi connectivity index (χ4v) is 3.30. The molecule has 106 valence electrons. The van der Waals surface area contributed by atoms with Gasteiger partial charge in [-0.1, -0.05) is 29.3 Å². The number of para-hydroxylation sites is 1. The summed E-state index contributed by atoms with van der Waals surface area (Å²) >= 11 is 11.8. The van der Waals surface area contributed by atoms with Gasteiger partial charge in [0.15, 0.2) is 0 Å². The number of benzene rings is 1. The lowest BCUT2D eigenvalue weighted by atomic mass is 10.3. The Morgan fingerprint density at radius 1 is 1.10 bits per heavy atom. The van der Waals surface area contributed by atoms with E-state index in [4.69, 9.17) is 29.0 Å². The Bertz CT molecular complexity index is 717. The van der Waals surface area contributed by atoms with Crippen LogP contribution in [0.1, 0.15) is 0 Å². The zero-order valence-electron chi connectivity index (χ0n) is 9.97. The highest BCUT2D eigenvalue weighted by molar-refractivity contribution is 7.92. The molecule has 0 amide bonds. The number of hydrogen-bond donors (Lipinski definition) is 3. The average molecular weight is 333 g/mol. The van der Waals surface area contributed by atoms with Gasteiger partial charge in [0.05, 0.1) is 21.4 Å². The van der Waals surface area contributed by atoms with Crippen molar-refractivity contribution in [2.75, 3.05) is 10.1 Å². The largest absolute Gasteiger partial charge is 0.321 e. The van der Waals surface area contributed by atoms with Crippen LogP contribution in [0.4, 0.5) is 11.4 Å². The van der Waals surface area contributed by atoms with Crippen molar-refractivity contribution in [3.8, 4) is 0 Å². The molecule has 0 radical (unpaired) electrons. The van der Waals surface area contributed by atoms with Crippen molar-refractivity contribution in [3.05, 3.63) is 46.6 Å². The lowest BCUT2D eigenvalue weighted by molar-refractivity contribution is 0.598. The maximum absolute atomic E-state index is 12.3. The number of aromatic nitrogens is 1. The van der Waals surface area contributed by atoms with Crippen LogP contribution in [0.5, 0.6) is 0 Å². The molecule has 0 saturated heterocycles. The highest BCUT2D eigenvalue weighted by Crippen LogP contribution is 2.32. The van der Waals surface area contributed by atoms with Crippen LogP contribution in [0.2, 0.25) is 10.0 Å². The average Bonchev–Trinajstić information content (AvgIpc) is 2.43. The number of hydrogen-bond acceptors (Lipinski definition) is 5. The third-order valence-electron chi connectivity index (χ3n) is 2.38. The molecule has 0 bridgehead atoms. The van der Waals surface area contributed by atoms with Gasteiger partial charge < -0.3 is 5.43 Å². The molecule has 0 aliphatic carbocycles. The second kappa shape index (κ2) is 5.84. The van der Waals surface area contributed by atoms with Crippen LogP contribution in [-0.4, -0.2) is 13.4 Å². The van der Waals surface area contributed by atoms with E-state index in [9.17, 15) is 8.42 Å². The number of hydrazine groups is 1. The molecular weight excluding hydrogens is 323 g/mol. The number of halogens is 2. The van der Waals surface area contributed by atoms with Crippen molar-refractivity contribution in [3.63, 3.8) is 0 Å². The first kappa shape index (κ1) is 14.9. The minimum absolute atomic E-state index is 0.0875. The van der Waals surface area contributed by atoms with Crippen molar-refractivity contribution in [2.45, 2.75) is 5.03 Å². The monoisotopic (exact) mass is 332 g/mol. The molecule has 0 fully saturated rings. The zero-order valence-corrected chi connectivity index (χ0v) is 12.3. The first-order valence-electron chi connectivity index (χ1n) is 5.34. The van der Waals surface area contributed by atoms with Gasteiger partial charge in [-0.25, -0.2) is 4.98 Å². The predicted molar refractivity (Wildman–Crippen MR) is 79.3 cm³/mol. The van der Waals surface area contributed by atoms with Crippen LogP contribution in [0, 0.1) is 0 Å². The van der Waals surface area contributed by atoms with E-state index in [1.165, 1.54) is 24.4 Å². The fraction of sp³-hybridized carbons (Fsp3) is 0. The zero-order chi connectivity index (χ0) is 14.8. The molecule has 2 rings (SSSR count). The summed E-state index contributed by atoms with van der Waals surface area (Å²) in [6.07, 6.45) is 1.34. The maximum atomic E-state index is 12.3. The Morgan fingerprint density at radius 2 is 1.75 bits per heavy atom. The van der Waals surface area contributed by atoms with E-state index in [0.717, 1.165) is 0 Å². The first-order chi connectivity index (χ1) is 9.45. The Morgan fingerprint density at radius 3 is 2.35 bits per heavy atom. The van der Waals surface area contributed by atoms with Crippen LogP contribution in [-0.2, 0) is 10.0 Å². The van der Waals surface area contributed by atoms with Gasteiger partial charge in [-0.2, -0.15) is 8.42 Å². The summed E-state index contributed by atoms with van der Waals surface area (Å²) < 4.78 is 26.9. The van der Waals surface area contributed by atoms with Gasteiger partial charge >= 0.3 is 0 Å². The third kappa shape index (κ3) is 2.96. The van der Waals surface area contributed by atoms with Crippen molar-refractivity contribution in [2.24, 2.45) is 5.84 Å². The molecule has 0 atom stereocenters. The summed E-state index contributed by atoms with van der Waals surface area (Å²) in [5, 5.41) is 0.108. The number of pyridine rings is 1. The maximum Gasteiger partial charge on any atom is 0.281 e. The Hall–Kier alpha value is -1.54. The van der Waals surface area contributed by atoms with E-state index in [2.05, 4.69) is 15.1 Å². The molecule has 2 aromatic rings. The summed E-state index contributed by atoms with van der Waals surface area (Å²) in [7, 11) is -3.97. The van der Waals surface area contributed by atoms with Crippen LogP contribution in [0.15, 0.2) is 41.6 Å². The smallest absolute Gasteiger partial charge is 0.281 e. The molecule has 4 N–H and O–H groups in total. The lowest BCUT2D eigenvalue weighted by Crippen LogP contribution is -2.19. The topological polar surface area (TPSA) is 97.1 Å². The van der Waals surface area contributed by atoms with E-state index in [1.807, 2.05) is 0 Å². The van der Waals surface area contributed by atoms with Crippen LogP contribution in [0.3, 0.4) is 0 Å². The molecule has 6 nitrogen and oxygen atoms in total. The molecule has 0 spiro atoms. The van der Waals surface area contributed by atoms with Crippen LogP contribution >= 0.6 is 23.2 Å². The predicted octanol–water partition coefficient (Wildman–Crippen LogP) is 2.47. The van der Waals surface area contributed by atoms with E-state index in [0.29, 0.717) is 0 Å². The van der Waals surface area contributed by atoms with Crippen molar-refractivity contribution in [1.29, 1.82) is 0 Å². The first-order valence-corrected chi connectivity index (χ1v) is 7.58. The second-order valence-electron chi connectivity index (χ2n) is 3.70. The minimum atomic E-state index is -3.97. The Kier molecular flexibility index (Phi) is 4.34. The molecular formula is C11H10Cl2N4O2S. The van der Waals surface area contributed by atoms with Crippen molar-refractivity contribution < 1.29 is 8.42 Å². The Balaban J connectivity index is 2.47. The van der Waals surface area contributed by atoms with Gasteiger partial charge in [0.2, 0.25) is 5.03 Å². The number of nitrogen functional groups attached to an aromatic ring is 1. The number of nitrogens with zero attached hydrogens (tertiary/aromatic N) is 1. The molecule has 9 heteroatoms. The summed E-state index contributed by atoms with van der Waals surface area (Å²) in [6.45, 7) is 0. The molecule has 0 saturated carbocycles. The van der Waals surface area contributed by atoms with Gasteiger partial charge in [-0.3, -0.25) is 10.6 Å². The summed E-state index contributed by atoms with van der Waals surface area (Å²) in [5.41, 5.74) is 2.51. The van der Waals surface area contributed by atoms with Crippen molar-refractivity contribution >= 4 is 44.6 Å². The van der Waals surface area contributed by atoms with Gasteiger partial charge in [0, 0.05) is 6.20 Å². The number of nitrogens with one attached hydrogen (secondary N) is 2. The number of rotatable bonds is 4. The highest BCUT2D eigenvalue weighted by atomic mass is 35.5. The van der Waals surface area contributed by atoms with E-state index >= 15 is 0 Å². The Labute approximate surface area is 125 Å². The van der Waals surface area contributed by atoms with Gasteiger partial charge in [0.25, 0.3) is 10.0 Å². The fourth-order valence-electron chi connectivity index (χ4n) is 1.49. The van der Waals surface area contributed by atoms with Crippen molar-refractivity contribution in [1.82, 2.24) is 4.98 Å². The summed E-state index contributed by atoms with van der Waals surface area (Å²) in [5.74, 6) is 5.27. The van der Waals surface area contributed by atoms with E-state index < -0.39 is 10.0 Å². The third-order valence-corrected chi connectivity index (χ3v) is 4.32. The molecule has 20 heavy (non-hydrogen) atoms.